The molecule has 1 fully saturated rings. The van der Waals surface area contributed by atoms with E-state index in [9.17, 15) is 0 Å². The molecule has 84 valence electrons. The van der Waals surface area contributed by atoms with Crippen molar-refractivity contribution in [2.75, 3.05) is 0 Å². The van der Waals surface area contributed by atoms with Gasteiger partial charge in [0.2, 0.25) is 0 Å². The van der Waals surface area contributed by atoms with E-state index in [1.807, 2.05) is 0 Å². The Hall–Kier alpha value is -0.340. The van der Waals surface area contributed by atoms with Gasteiger partial charge in [0.05, 0.1) is 0 Å². The second-order valence-electron chi connectivity index (χ2n) is 4.78. The average molecular weight is 223 g/mol. The van der Waals surface area contributed by atoms with E-state index in [0.717, 1.165) is 5.92 Å². The molecule has 1 aromatic heterocycles. The Morgan fingerprint density at radius 1 is 1.33 bits per heavy atom. The number of thiophene rings is 1. The lowest BCUT2D eigenvalue weighted by Crippen LogP contribution is -2.34. The standard InChI is InChI=1S/C13H21NS/c1-10(12-5-3-4-6-12)14-11(2)13-7-8-15-9-13/h7-12,14H,3-6H2,1-2H3/t10-,11?/m1/s1. The van der Waals surface area contributed by atoms with Crippen LogP contribution in [0.4, 0.5) is 0 Å². The third-order valence-corrected chi connectivity index (χ3v) is 4.36. The highest BCUT2D eigenvalue weighted by molar-refractivity contribution is 7.07. The lowest BCUT2D eigenvalue weighted by molar-refractivity contribution is 0.353. The maximum atomic E-state index is 3.73. The molecule has 0 aliphatic heterocycles. The first kappa shape index (κ1) is 11.2. The first-order valence-electron chi connectivity index (χ1n) is 6.05. The van der Waals surface area contributed by atoms with E-state index < -0.39 is 0 Å². The molecule has 1 N–H and O–H groups in total. The summed E-state index contributed by atoms with van der Waals surface area (Å²) < 4.78 is 0. The van der Waals surface area contributed by atoms with E-state index in [4.69, 9.17) is 0 Å². The van der Waals surface area contributed by atoms with E-state index in [-0.39, 0.29) is 0 Å². The maximum Gasteiger partial charge on any atom is 0.0302 e. The highest BCUT2D eigenvalue weighted by Gasteiger charge is 2.22. The van der Waals surface area contributed by atoms with Crippen molar-refractivity contribution in [1.82, 2.24) is 5.32 Å². The van der Waals surface area contributed by atoms with Crippen LogP contribution in [-0.2, 0) is 0 Å². The van der Waals surface area contributed by atoms with Crippen LogP contribution in [-0.4, -0.2) is 6.04 Å². The van der Waals surface area contributed by atoms with E-state index in [1.165, 1.54) is 31.2 Å². The van der Waals surface area contributed by atoms with Gasteiger partial charge in [-0.2, -0.15) is 11.3 Å². The summed E-state index contributed by atoms with van der Waals surface area (Å²) >= 11 is 1.79. The van der Waals surface area contributed by atoms with Crippen LogP contribution in [0.25, 0.3) is 0 Å². The molecule has 1 aliphatic carbocycles. The number of rotatable bonds is 4. The van der Waals surface area contributed by atoms with Crippen molar-refractivity contribution in [1.29, 1.82) is 0 Å². The topological polar surface area (TPSA) is 12.0 Å². The van der Waals surface area contributed by atoms with E-state index >= 15 is 0 Å². The van der Waals surface area contributed by atoms with Crippen LogP contribution in [0.1, 0.15) is 51.1 Å². The van der Waals surface area contributed by atoms with Gasteiger partial charge in [-0.05, 0) is 55.0 Å². The first-order valence-corrected chi connectivity index (χ1v) is 7.00. The maximum absolute atomic E-state index is 3.73. The molecule has 1 aliphatic rings. The molecule has 1 heterocycles. The fourth-order valence-corrected chi connectivity index (χ4v) is 3.36. The number of hydrogen-bond donors (Lipinski definition) is 1. The minimum Gasteiger partial charge on any atom is -0.307 e. The van der Waals surface area contributed by atoms with Crippen LogP contribution in [0.2, 0.25) is 0 Å². The van der Waals surface area contributed by atoms with Gasteiger partial charge in [0.1, 0.15) is 0 Å². The molecule has 1 nitrogen and oxygen atoms in total. The highest BCUT2D eigenvalue weighted by Crippen LogP contribution is 2.29. The summed E-state index contributed by atoms with van der Waals surface area (Å²) in [5.74, 6) is 0.908. The predicted molar refractivity (Wildman–Crippen MR) is 67.3 cm³/mol. The Balaban J connectivity index is 1.85. The van der Waals surface area contributed by atoms with E-state index in [0.29, 0.717) is 12.1 Å². The van der Waals surface area contributed by atoms with Gasteiger partial charge in [-0.1, -0.05) is 12.8 Å². The number of nitrogens with one attached hydrogen (secondary N) is 1. The van der Waals surface area contributed by atoms with Gasteiger partial charge >= 0.3 is 0 Å². The van der Waals surface area contributed by atoms with Gasteiger partial charge in [-0.25, -0.2) is 0 Å². The molecule has 2 rings (SSSR count). The van der Waals surface area contributed by atoms with Crippen molar-refractivity contribution in [2.24, 2.45) is 5.92 Å². The Morgan fingerprint density at radius 3 is 2.67 bits per heavy atom. The van der Waals surface area contributed by atoms with Crippen LogP contribution in [0.15, 0.2) is 16.8 Å². The lowest BCUT2D eigenvalue weighted by atomic mass is 9.98. The molecule has 0 aromatic carbocycles. The number of hydrogen-bond acceptors (Lipinski definition) is 2. The Kier molecular flexibility index (Phi) is 3.81. The van der Waals surface area contributed by atoms with Crippen molar-refractivity contribution in [3.63, 3.8) is 0 Å². The van der Waals surface area contributed by atoms with Gasteiger partial charge < -0.3 is 5.32 Å². The van der Waals surface area contributed by atoms with Gasteiger partial charge in [0.25, 0.3) is 0 Å². The third-order valence-electron chi connectivity index (χ3n) is 3.66. The molecule has 1 unspecified atom stereocenters. The Bertz CT molecular complexity index is 275. The summed E-state index contributed by atoms with van der Waals surface area (Å²) in [5.41, 5.74) is 1.44. The van der Waals surface area contributed by atoms with Gasteiger partial charge in [0, 0.05) is 12.1 Å². The van der Waals surface area contributed by atoms with Crippen LogP contribution >= 0.6 is 11.3 Å². The molecule has 1 aromatic rings. The SMILES string of the molecule is CC(N[C@H](C)C1CCCC1)c1ccsc1. The summed E-state index contributed by atoms with van der Waals surface area (Å²) in [4.78, 5) is 0. The zero-order valence-corrected chi connectivity index (χ0v) is 10.5. The van der Waals surface area contributed by atoms with Crippen molar-refractivity contribution < 1.29 is 0 Å². The largest absolute Gasteiger partial charge is 0.307 e. The van der Waals surface area contributed by atoms with Crippen molar-refractivity contribution in [3.8, 4) is 0 Å². The zero-order valence-electron chi connectivity index (χ0n) is 9.70. The first-order chi connectivity index (χ1) is 7.27. The summed E-state index contributed by atoms with van der Waals surface area (Å²) in [6, 6.07) is 3.40. The van der Waals surface area contributed by atoms with Crippen molar-refractivity contribution >= 4 is 11.3 Å². The van der Waals surface area contributed by atoms with Gasteiger partial charge in [-0.15, -0.1) is 0 Å². The second kappa shape index (κ2) is 5.13. The van der Waals surface area contributed by atoms with Crippen molar-refractivity contribution in [2.45, 2.75) is 51.6 Å². The normalized spacial score (nSPS) is 21.7. The second-order valence-corrected chi connectivity index (χ2v) is 5.56. The third kappa shape index (κ3) is 2.82. The summed E-state index contributed by atoms with van der Waals surface area (Å²) in [7, 11) is 0. The molecule has 0 radical (unpaired) electrons. The molecular weight excluding hydrogens is 202 g/mol. The smallest absolute Gasteiger partial charge is 0.0302 e. The predicted octanol–water partition coefficient (Wildman–Crippen LogP) is 3.98. The van der Waals surface area contributed by atoms with Crippen molar-refractivity contribution in [3.05, 3.63) is 22.4 Å². The molecule has 15 heavy (non-hydrogen) atoms. The molecule has 0 spiro atoms. The highest BCUT2D eigenvalue weighted by atomic mass is 32.1. The summed E-state index contributed by atoms with van der Waals surface area (Å²) in [6.07, 6.45) is 5.71. The van der Waals surface area contributed by atoms with E-state index in [2.05, 4.69) is 36.0 Å². The van der Waals surface area contributed by atoms with Crippen LogP contribution in [0.5, 0.6) is 0 Å². The molecule has 2 heteroatoms. The Labute approximate surface area is 96.9 Å². The molecule has 0 saturated heterocycles. The minimum atomic E-state index is 0.506. The molecular formula is C13H21NS. The fourth-order valence-electron chi connectivity index (χ4n) is 2.61. The van der Waals surface area contributed by atoms with Gasteiger partial charge in [-0.3, -0.25) is 0 Å². The lowest BCUT2D eigenvalue weighted by Gasteiger charge is -2.24. The monoisotopic (exact) mass is 223 g/mol. The molecule has 1 saturated carbocycles. The molecule has 0 bridgehead atoms. The zero-order chi connectivity index (χ0) is 10.7. The molecule has 0 amide bonds. The summed E-state index contributed by atoms with van der Waals surface area (Å²) in [5, 5.41) is 8.14. The fraction of sp³-hybridized carbons (Fsp3) is 0.692. The quantitative estimate of drug-likeness (QED) is 0.814. The van der Waals surface area contributed by atoms with Crippen LogP contribution in [0.3, 0.4) is 0 Å². The molecule has 2 atom stereocenters. The average Bonchev–Trinajstić information content (AvgIpc) is 2.91. The van der Waals surface area contributed by atoms with Crippen LogP contribution in [0, 0.1) is 5.92 Å². The van der Waals surface area contributed by atoms with E-state index in [1.54, 1.807) is 11.3 Å². The summed E-state index contributed by atoms with van der Waals surface area (Å²) in [6.45, 7) is 4.62. The minimum absolute atomic E-state index is 0.506. The van der Waals surface area contributed by atoms with Gasteiger partial charge in [0.15, 0.2) is 0 Å². The van der Waals surface area contributed by atoms with Crippen LogP contribution < -0.4 is 5.32 Å². The Morgan fingerprint density at radius 2 is 2.07 bits per heavy atom.